The summed E-state index contributed by atoms with van der Waals surface area (Å²) in [6.45, 7) is 0.384. The summed E-state index contributed by atoms with van der Waals surface area (Å²) in [6, 6.07) is 11.7. The van der Waals surface area contributed by atoms with Gasteiger partial charge in [0.05, 0.1) is 5.02 Å². The first kappa shape index (κ1) is 12.1. The lowest BCUT2D eigenvalue weighted by Crippen LogP contribution is -1.94. The van der Waals surface area contributed by atoms with Crippen molar-refractivity contribution in [3.05, 3.63) is 65.1 Å². The molecule has 0 unspecified atom stereocenters. The predicted molar refractivity (Wildman–Crippen MR) is 74.0 cm³/mol. The fourth-order valence-electron chi connectivity index (χ4n) is 2.01. The minimum Gasteiger partial charge on any atom is -0.489 e. The molecule has 0 fully saturated rings. The average molecular weight is 276 g/mol. The van der Waals surface area contributed by atoms with Gasteiger partial charge in [0.1, 0.15) is 18.2 Å². The third-order valence-corrected chi connectivity index (χ3v) is 3.26. The Kier molecular flexibility index (Phi) is 3.13. The van der Waals surface area contributed by atoms with Crippen LogP contribution in [-0.2, 0) is 6.61 Å². The molecule has 3 aromatic rings. The number of H-pyrrole nitrogens is 1. The Hall–Kier alpha value is -2.00. The maximum Gasteiger partial charge on any atom is 0.123 e. The van der Waals surface area contributed by atoms with E-state index in [-0.39, 0.29) is 5.82 Å². The highest BCUT2D eigenvalue weighted by molar-refractivity contribution is 6.35. The van der Waals surface area contributed by atoms with Gasteiger partial charge in [0.2, 0.25) is 0 Å². The molecule has 0 bridgehead atoms. The number of halogens is 2. The summed E-state index contributed by atoms with van der Waals surface area (Å²) >= 11 is 6.18. The molecule has 0 saturated carbocycles. The number of aromatic nitrogens is 1. The maximum absolute atomic E-state index is 12.8. The van der Waals surface area contributed by atoms with Gasteiger partial charge >= 0.3 is 0 Å². The fraction of sp³-hybridized carbons (Fsp3) is 0.0667. The number of hydrogen-bond acceptors (Lipinski definition) is 1. The number of fused-ring (bicyclic) bond motifs is 1. The van der Waals surface area contributed by atoms with Crippen LogP contribution in [-0.4, -0.2) is 4.98 Å². The lowest BCUT2D eigenvalue weighted by molar-refractivity contribution is 0.307. The molecule has 2 aromatic carbocycles. The van der Waals surface area contributed by atoms with Crippen LogP contribution in [0.5, 0.6) is 5.75 Å². The van der Waals surface area contributed by atoms with Gasteiger partial charge in [-0.3, -0.25) is 0 Å². The van der Waals surface area contributed by atoms with E-state index in [4.69, 9.17) is 16.3 Å². The standard InChI is InChI=1S/C15H11ClFNO/c16-13-2-1-3-14-15(13)10(8-18-14)9-19-12-6-4-11(17)5-7-12/h1-8,18H,9H2. The Balaban J connectivity index is 1.84. The predicted octanol–water partition coefficient (Wildman–Crippen LogP) is 4.54. The van der Waals surface area contributed by atoms with Crippen LogP contribution in [0.2, 0.25) is 5.02 Å². The van der Waals surface area contributed by atoms with Crippen molar-refractivity contribution >= 4 is 22.5 Å². The molecule has 0 radical (unpaired) electrons. The Morgan fingerprint density at radius 2 is 1.89 bits per heavy atom. The first-order valence-electron chi connectivity index (χ1n) is 5.87. The molecule has 0 atom stereocenters. The minimum atomic E-state index is -0.275. The fourth-order valence-corrected chi connectivity index (χ4v) is 2.31. The third kappa shape index (κ3) is 2.42. The average Bonchev–Trinajstić information content (AvgIpc) is 2.83. The number of rotatable bonds is 3. The zero-order valence-corrected chi connectivity index (χ0v) is 10.7. The summed E-state index contributed by atoms with van der Waals surface area (Å²) in [5.41, 5.74) is 1.95. The van der Waals surface area contributed by atoms with Crippen LogP contribution < -0.4 is 4.74 Å². The Labute approximate surface area is 114 Å². The molecular formula is C15H11ClFNO. The first-order chi connectivity index (χ1) is 9.24. The Morgan fingerprint density at radius 1 is 1.11 bits per heavy atom. The molecule has 0 spiro atoms. The van der Waals surface area contributed by atoms with Gasteiger partial charge in [-0.05, 0) is 36.4 Å². The molecule has 19 heavy (non-hydrogen) atoms. The van der Waals surface area contributed by atoms with Crippen molar-refractivity contribution in [2.24, 2.45) is 0 Å². The summed E-state index contributed by atoms with van der Waals surface area (Å²) in [5, 5.41) is 1.66. The largest absolute Gasteiger partial charge is 0.489 e. The van der Waals surface area contributed by atoms with Crippen LogP contribution in [0.1, 0.15) is 5.56 Å². The molecule has 2 nitrogen and oxygen atoms in total. The molecule has 3 rings (SSSR count). The van der Waals surface area contributed by atoms with Gasteiger partial charge in [-0.1, -0.05) is 17.7 Å². The van der Waals surface area contributed by atoms with E-state index in [0.29, 0.717) is 17.4 Å². The normalized spacial score (nSPS) is 10.8. The van der Waals surface area contributed by atoms with Crippen molar-refractivity contribution in [2.45, 2.75) is 6.61 Å². The number of ether oxygens (including phenoxy) is 1. The molecule has 1 N–H and O–H groups in total. The quantitative estimate of drug-likeness (QED) is 0.746. The van der Waals surface area contributed by atoms with Crippen LogP contribution in [0.15, 0.2) is 48.7 Å². The van der Waals surface area contributed by atoms with E-state index in [9.17, 15) is 4.39 Å². The van der Waals surface area contributed by atoms with Crippen molar-refractivity contribution in [3.63, 3.8) is 0 Å². The lowest BCUT2D eigenvalue weighted by Gasteiger charge is -2.05. The highest BCUT2D eigenvalue weighted by Gasteiger charge is 2.07. The van der Waals surface area contributed by atoms with Crippen molar-refractivity contribution < 1.29 is 9.13 Å². The van der Waals surface area contributed by atoms with Crippen LogP contribution in [0.3, 0.4) is 0 Å². The van der Waals surface area contributed by atoms with E-state index < -0.39 is 0 Å². The second-order valence-corrected chi connectivity index (χ2v) is 4.63. The third-order valence-electron chi connectivity index (χ3n) is 2.94. The zero-order chi connectivity index (χ0) is 13.2. The lowest BCUT2D eigenvalue weighted by atomic mass is 10.2. The first-order valence-corrected chi connectivity index (χ1v) is 6.25. The van der Waals surface area contributed by atoms with Gasteiger partial charge in [-0.25, -0.2) is 4.39 Å². The molecule has 0 aliphatic carbocycles. The van der Waals surface area contributed by atoms with Crippen LogP contribution in [0.4, 0.5) is 4.39 Å². The smallest absolute Gasteiger partial charge is 0.123 e. The number of hydrogen-bond donors (Lipinski definition) is 1. The number of nitrogens with one attached hydrogen (secondary N) is 1. The molecule has 1 heterocycles. The van der Waals surface area contributed by atoms with Gasteiger partial charge < -0.3 is 9.72 Å². The molecule has 0 saturated heterocycles. The van der Waals surface area contributed by atoms with Crippen molar-refractivity contribution in [1.82, 2.24) is 4.98 Å². The van der Waals surface area contributed by atoms with Gasteiger partial charge in [-0.15, -0.1) is 0 Å². The minimum absolute atomic E-state index is 0.275. The summed E-state index contributed by atoms with van der Waals surface area (Å²) < 4.78 is 18.4. The summed E-state index contributed by atoms with van der Waals surface area (Å²) in [7, 11) is 0. The Bertz CT molecular complexity index is 706. The van der Waals surface area contributed by atoms with Gasteiger partial charge in [0.15, 0.2) is 0 Å². The van der Waals surface area contributed by atoms with E-state index >= 15 is 0 Å². The maximum atomic E-state index is 12.8. The Morgan fingerprint density at radius 3 is 2.68 bits per heavy atom. The summed E-state index contributed by atoms with van der Waals surface area (Å²) in [6.07, 6.45) is 1.88. The van der Waals surface area contributed by atoms with Crippen molar-refractivity contribution in [1.29, 1.82) is 0 Å². The molecule has 4 heteroatoms. The number of benzene rings is 2. The van der Waals surface area contributed by atoms with Gasteiger partial charge in [0.25, 0.3) is 0 Å². The summed E-state index contributed by atoms with van der Waals surface area (Å²) in [4.78, 5) is 3.15. The van der Waals surface area contributed by atoms with E-state index in [0.717, 1.165) is 16.5 Å². The molecule has 96 valence electrons. The van der Waals surface area contributed by atoms with E-state index in [1.54, 1.807) is 12.1 Å². The highest BCUT2D eigenvalue weighted by atomic mass is 35.5. The van der Waals surface area contributed by atoms with Crippen molar-refractivity contribution in [3.8, 4) is 5.75 Å². The SMILES string of the molecule is Fc1ccc(OCc2c[nH]c3cccc(Cl)c23)cc1. The van der Waals surface area contributed by atoms with Crippen LogP contribution in [0.25, 0.3) is 10.9 Å². The molecule has 0 amide bonds. The highest BCUT2D eigenvalue weighted by Crippen LogP contribution is 2.27. The van der Waals surface area contributed by atoms with Gasteiger partial charge in [0, 0.05) is 22.7 Å². The monoisotopic (exact) mass is 275 g/mol. The topological polar surface area (TPSA) is 25.0 Å². The molecular weight excluding hydrogens is 265 g/mol. The van der Waals surface area contributed by atoms with E-state index in [1.165, 1.54) is 12.1 Å². The molecule has 1 aromatic heterocycles. The molecule has 0 aliphatic rings. The van der Waals surface area contributed by atoms with Gasteiger partial charge in [-0.2, -0.15) is 0 Å². The van der Waals surface area contributed by atoms with Crippen LogP contribution in [0, 0.1) is 5.82 Å². The van der Waals surface area contributed by atoms with Crippen LogP contribution >= 0.6 is 11.6 Å². The second kappa shape index (κ2) is 4.94. The van der Waals surface area contributed by atoms with Crippen molar-refractivity contribution in [2.75, 3.05) is 0 Å². The van der Waals surface area contributed by atoms with E-state index in [1.807, 2.05) is 24.4 Å². The molecule has 0 aliphatic heterocycles. The zero-order valence-electron chi connectivity index (χ0n) is 9.99. The number of aromatic amines is 1. The van der Waals surface area contributed by atoms with E-state index in [2.05, 4.69) is 4.98 Å². The second-order valence-electron chi connectivity index (χ2n) is 4.22. The summed E-state index contributed by atoms with van der Waals surface area (Å²) in [5.74, 6) is 0.352.